The lowest BCUT2D eigenvalue weighted by atomic mass is 9.95. The van der Waals surface area contributed by atoms with E-state index in [2.05, 4.69) is 13.8 Å². The normalized spacial score (nSPS) is 20.8. The Morgan fingerprint density at radius 1 is 0.875 bits per heavy atom. The highest BCUT2D eigenvalue weighted by atomic mass is 16.7. The molecule has 0 bridgehead atoms. The standard InChI is InChI=1S/C18H32O6/c1-13(2)7-5-6-12-21-17(19)23-15-8-10-16(11-9-15)24-18(20)22-14(3)4/h13-16H,5-12H2,1-4H3. The van der Waals surface area contributed by atoms with Crippen molar-refractivity contribution in [3.8, 4) is 0 Å². The van der Waals surface area contributed by atoms with Gasteiger partial charge in [-0.1, -0.05) is 20.3 Å². The molecule has 0 aromatic rings. The van der Waals surface area contributed by atoms with Crippen molar-refractivity contribution in [3.63, 3.8) is 0 Å². The predicted octanol–water partition coefficient (Wildman–Crippen LogP) is 4.84. The molecule has 0 radical (unpaired) electrons. The average Bonchev–Trinajstić information content (AvgIpc) is 2.47. The second kappa shape index (κ2) is 11.2. The molecule has 6 nitrogen and oxygen atoms in total. The molecule has 0 aromatic heterocycles. The summed E-state index contributed by atoms with van der Waals surface area (Å²) < 4.78 is 20.6. The van der Waals surface area contributed by atoms with E-state index in [4.69, 9.17) is 18.9 Å². The molecule has 1 fully saturated rings. The minimum atomic E-state index is -0.629. The van der Waals surface area contributed by atoms with Crippen molar-refractivity contribution in [2.75, 3.05) is 6.61 Å². The Kier molecular flexibility index (Phi) is 9.57. The van der Waals surface area contributed by atoms with Gasteiger partial charge in [-0.3, -0.25) is 0 Å². The summed E-state index contributed by atoms with van der Waals surface area (Å²) in [7, 11) is 0. The van der Waals surface area contributed by atoms with Crippen LogP contribution in [0.5, 0.6) is 0 Å². The Hall–Kier alpha value is -1.46. The third-order valence-corrected chi connectivity index (χ3v) is 3.87. The van der Waals surface area contributed by atoms with Crippen LogP contribution in [0.15, 0.2) is 0 Å². The highest BCUT2D eigenvalue weighted by Gasteiger charge is 2.27. The van der Waals surface area contributed by atoms with Crippen LogP contribution >= 0.6 is 0 Å². The van der Waals surface area contributed by atoms with E-state index in [1.807, 2.05) is 0 Å². The van der Waals surface area contributed by atoms with E-state index in [-0.39, 0.29) is 18.3 Å². The molecule has 1 saturated carbocycles. The Balaban J connectivity index is 2.10. The van der Waals surface area contributed by atoms with Crippen LogP contribution in [0.2, 0.25) is 0 Å². The van der Waals surface area contributed by atoms with Gasteiger partial charge in [0.25, 0.3) is 0 Å². The van der Waals surface area contributed by atoms with E-state index in [9.17, 15) is 9.59 Å². The van der Waals surface area contributed by atoms with E-state index in [1.54, 1.807) is 13.8 Å². The largest absolute Gasteiger partial charge is 0.508 e. The highest BCUT2D eigenvalue weighted by Crippen LogP contribution is 2.24. The van der Waals surface area contributed by atoms with Crippen molar-refractivity contribution < 1.29 is 28.5 Å². The molecule has 0 aliphatic heterocycles. The van der Waals surface area contributed by atoms with E-state index >= 15 is 0 Å². The van der Waals surface area contributed by atoms with Gasteiger partial charge in [0.2, 0.25) is 0 Å². The average molecular weight is 344 g/mol. The zero-order valence-corrected chi connectivity index (χ0v) is 15.4. The topological polar surface area (TPSA) is 71.1 Å². The van der Waals surface area contributed by atoms with Crippen LogP contribution < -0.4 is 0 Å². The van der Waals surface area contributed by atoms with Crippen LogP contribution in [0.3, 0.4) is 0 Å². The fourth-order valence-corrected chi connectivity index (χ4v) is 2.60. The lowest BCUT2D eigenvalue weighted by Crippen LogP contribution is -2.30. The quantitative estimate of drug-likeness (QED) is 0.463. The summed E-state index contributed by atoms with van der Waals surface area (Å²) in [6.07, 6.45) is 4.00. The number of hydrogen-bond acceptors (Lipinski definition) is 6. The molecular weight excluding hydrogens is 312 g/mol. The maximum atomic E-state index is 11.6. The SMILES string of the molecule is CC(C)CCCCOC(=O)OC1CCC(OC(=O)OC(C)C)CC1. The molecule has 0 spiro atoms. The molecule has 0 saturated heterocycles. The summed E-state index contributed by atoms with van der Waals surface area (Å²) in [5.74, 6) is 0.673. The number of carbonyl (C=O) groups excluding carboxylic acids is 2. The molecule has 1 rings (SSSR count). The van der Waals surface area contributed by atoms with E-state index in [0.717, 1.165) is 19.3 Å². The first-order valence-electron chi connectivity index (χ1n) is 9.07. The molecule has 6 heteroatoms. The summed E-state index contributed by atoms with van der Waals surface area (Å²) in [4.78, 5) is 23.1. The van der Waals surface area contributed by atoms with Crippen LogP contribution in [0.4, 0.5) is 9.59 Å². The van der Waals surface area contributed by atoms with E-state index in [0.29, 0.717) is 38.2 Å². The lowest BCUT2D eigenvalue weighted by molar-refractivity contribution is -0.0327. The summed E-state index contributed by atoms with van der Waals surface area (Å²) in [6, 6.07) is 0. The molecule has 0 amide bonds. The second-order valence-electron chi connectivity index (χ2n) is 7.04. The molecule has 0 aromatic carbocycles. The van der Waals surface area contributed by atoms with Crippen LogP contribution in [-0.2, 0) is 18.9 Å². The Bertz CT molecular complexity index is 372. The summed E-state index contributed by atoms with van der Waals surface area (Å²) in [5.41, 5.74) is 0. The Morgan fingerprint density at radius 2 is 1.42 bits per heavy atom. The monoisotopic (exact) mass is 344 g/mol. The number of ether oxygens (including phenoxy) is 4. The molecule has 0 unspecified atom stereocenters. The molecule has 0 N–H and O–H groups in total. The maximum absolute atomic E-state index is 11.6. The van der Waals surface area contributed by atoms with Crippen molar-refractivity contribution in [3.05, 3.63) is 0 Å². The van der Waals surface area contributed by atoms with Gasteiger partial charge in [-0.2, -0.15) is 0 Å². The van der Waals surface area contributed by atoms with Crippen LogP contribution in [0.25, 0.3) is 0 Å². The summed E-state index contributed by atoms with van der Waals surface area (Å²) in [5, 5.41) is 0. The van der Waals surface area contributed by atoms with Gasteiger partial charge in [0.15, 0.2) is 0 Å². The van der Waals surface area contributed by atoms with Crippen LogP contribution in [0.1, 0.15) is 72.6 Å². The third-order valence-electron chi connectivity index (χ3n) is 3.87. The molecule has 0 heterocycles. The minimum absolute atomic E-state index is 0.158. The Labute approximate surface area is 145 Å². The fraction of sp³-hybridized carbons (Fsp3) is 0.889. The molecule has 140 valence electrons. The smallest absolute Gasteiger partial charge is 0.434 e. The van der Waals surface area contributed by atoms with Crippen LogP contribution in [-0.4, -0.2) is 37.2 Å². The minimum Gasteiger partial charge on any atom is -0.434 e. The van der Waals surface area contributed by atoms with E-state index in [1.165, 1.54) is 0 Å². The van der Waals surface area contributed by atoms with Gasteiger partial charge in [-0.15, -0.1) is 0 Å². The zero-order valence-electron chi connectivity index (χ0n) is 15.4. The predicted molar refractivity (Wildman–Crippen MR) is 89.9 cm³/mol. The summed E-state index contributed by atoms with van der Waals surface area (Å²) >= 11 is 0. The number of hydrogen-bond donors (Lipinski definition) is 0. The molecule has 0 atom stereocenters. The number of carbonyl (C=O) groups is 2. The molecular formula is C18H32O6. The first-order chi connectivity index (χ1) is 11.4. The molecule has 1 aliphatic carbocycles. The lowest BCUT2D eigenvalue weighted by Gasteiger charge is -2.27. The van der Waals surface area contributed by atoms with Crippen molar-refractivity contribution >= 4 is 12.3 Å². The van der Waals surface area contributed by atoms with Crippen molar-refractivity contribution in [2.45, 2.75) is 91.0 Å². The second-order valence-corrected chi connectivity index (χ2v) is 7.04. The third kappa shape index (κ3) is 9.63. The first-order valence-corrected chi connectivity index (χ1v) is 9.07. The maximum Gasteiger partial charge on any atom is 0.508 e. The van der Waals surface area contributed by atoms with Gasteiger partial charge in [-0.05, 0) is 58.3 Å². The van der Waals surface area contributed by atoms with Gasteiger partial charge in [0.05, 0.1) is 12.7 Å². The highest BCUT2D eigenvalue weighted by molar-refractivity contribution is 5.60. The van der Waals surface area contributed by atoms with Crippen molar-refractivity contribution in [2.24, 2.45) is 5.92 Å². The van der Waals surface area contributed by atoms with Gasteiger partial charge in [0.1, 0.15) is 12.2 Å². The van der Waals surface area contributed by atoms with E-state index < -0.39 is 12.3 Å². The molecule has 24 heavy (non-hydrogen) atoms. The molecule has 1 aliphatic rings. The Morgan fingerprint density at radius 3 is 1.92 bits per heavy atom. The number of rotatable bonds is 8. The van der Waals surface area contributed by atoms with Gasteiger partial charge < -0.3 is 18.9 Å². The first kappa shape index (κ1) is 20.6. The van der Waals surface area contributed by atoms with Gasteiger partial charge in [-0.25, -0.2) is 9.59 Å². The van der Waals surface area contributed by atoms with Crippen molar-refractivity contribution in [1.82, 2.24) is 0 Å². The number of unbranched alkanes of at least 4 members (excludes halogenated alkanes) is 1. The fourth-order valence-electron chi connectivity index (χ4n) is 2.60. The van der Waals surface area contributed by atoms with Gasteiger partial charge >= 0.3 is 12.3 Å². The van der Waals surface area contributed by atoms with Crippen LogP contribution in [0, 0.1) is 5.92 Å². The zero-order chi connectivity index (χ0) is 17.9. The van der Waals surface area contributed by atoms with Crippen molar-refractivity contribution in [1.29, 1.82) is 0 Å². The summed E-state index contributed by atoms with van der Waals surface area (Å²) in [6.45, 7) is 8.32. The van der Waals surface area contributed by atoms with Gasteiger partial charge in [0, 0.05) is 0 Å².